The van der Waals surface area contributed by atoms with Crippen LogP contribution in [0.3, 0.4) is 0 Å². The molecule has 0 aliphatic heterocycles. The van der Waals surface area contributed by atoms with Crippen molar-refractivity contribution in [1.29, 1.82) is 0 Å². The van der Waals surface area contributed by atoms with Crippen molar-refractivity contribution >= 4 is 44.8 Å². The number of rotatable bonds is 7. The highest BCUT2D eigenvalue weighted by Gasteiger charge is 2.35. The zero-order valence-electron chi connectivity index (χ0n) is 35.6. The Morgan fingerprint density at radius 2 is 1.08 bits per heavy atom. The molecule has 0 fully saturated rings. The fourth-order valence-corrected chi connectivity index (χ4v) is 10.5. The van der Waals surface area contributed by atoms with Gasteiger partial charge in [0.05, 0.1) is 5.52 Å². The van der Waals surface area contributed by atoms with Crippen molar-refractivity contribution in [2.75, 3.05) is 4.90 Å². The quantitative estimate of drug-likeness (QED) is 0.156. The predicted octanol–water partition coefficient (Wildman–Crippen LogP) is 16.5. The predicted molar refractivity (Wildman–Crippen MR) is 267 cm³/mol. The van der Waals surface area contributed by atoms with E-state index in [1.54, 1.807) is 0 Å². The fraction of sp³-hybridized carbons (Fsp3) is 0.0820. The van der Waals surface area contributed by atoms with Gasteiger partial charge in [-0.1, -0.05) is 166 Å². The Hall–Kier alpha value is -7.68. The van der Waals surface area contributed by atoms with Crippen LogP contribution in [0.15, 0.2) is 212 Å². The van der Waals surface area contributed by atoms with Gasteiger partial charge in [-0.2, -0.15) is 0 Å². The van der Waals surface area contributed by atoms with Crippen LogP contribution < -0.4 is 4.90 Å². The molecule has 1 aromatic heterocycles. The summed E-state index contributed by atoms with van der Waals surface area (Å²) in [7, 11) is 0. The number of anilines is 3. The summed E-state index contributed by atoms with van der Waals surface area (Å²) in [5, 5.41) is 3.82. The molecule has 0 saturated carbocycles. The van der Waals surface area contributed by atoms with Crippen molar-refractivity contribution in [3.63, 3.8) is 0 Å². The molecule has 2 aliphatic rings. The van der Waals surface area contributed by atoms with E-state index in [4.69, 9.17) is 0 Å². The molecular weight excluding hydrogens is 761 g/mol. The highest BCUT2D eigenvalue weighted by molar-refractivity contribution is 5.98. The van der Waals surface area contributed by atoms with Gasteiger partial charge in [-0.05, 0) is 146 Å². The first-order valence-corrected chi connectivity index (χ1v) is 22.2. The van der Waals surface area contributed by atoms with E-state index in [1.807, 2.05) is 0 Å². The second-order valence-electron chi connectivity index (χ2n) is 17.6. The maximum Gasteiger partial charge on any atom is 0.0538 e. The van der Waals surface area contributed by atoms with Crippen LogP contribution in [0.5, 0.6) is 0 Å². The third-order valence-corrected chi connectivity index (χ3v) is 13.6. The zero-order chi connectivity index (χ0) is 42.1. The number of fused-ring (bicyclic) bond motifs is 7. The van der Waals surface area contributed by atoms with E-state index in [1.165, 1.54) is 94.3 Å². The SMILES string of the molecule is CC1(C)c2ccccc2-c2ccc(N(c3ccc(-c4cccc5ccccc45)cc3)c3cccc(-c4cccc(-c5ccc6c(c5)c5c(n6-c6ccccc6)CCC=C5)c4)c3)cc21. The van der Waals surface area contributed by atoms with Crippen LogP contribution in [-0.2, 0) is 11.8 Å². The molecule has 300 valence electrons. The number of aromatic nitrogens is 1. The Morgan fingerprint density at radius 3 is 1.94 bits per heavy atom. The summed E-state index contributed by atoms with van der Waals surface area (Å²) in [6.45, 7) is 4.72. The summed E-state index contributed by atoms with van der Waals surface area (Å²) in [6, 6.07) is 76.3. The van der Waals surface area contributed by atoms with Gasteiger partial charge >= 0.3 is 0 Å². The van der Waals surface area contributed by atoms with Gasteiger partial charge in [-0.15, -0.1) is 0 Å². The Morgan fingerprint density at radius 1 is 0.444 bits per heavy atom. The van der Waals surface area contributed by atoms with Gasteiger partial charge in [0.25, 0.3) is 0 Å². The molecule has 0 atom stereocenters. The van der Waals surface area contributed by atoms with Crippen molar-refractivity contribution in [2.45, 2.75) is 32.1 Å². The number of nitrogens with zero attached hydrogens (tertiary/aromatic N) is 2. The molecule has 1 heterocycles. The van der Waals surface area contributed by atoms with Crippen molar-refractivity contribution in [1.82, 2.24) is 4.57 Å². The first-order valence-electron chi connectivity index (χ1n) is 22.2. The minimum Gasteiger partial charge on any atom is -0.313 e. The van der Waals surface area contributed by atoms with E-state index in [-0.39, 0.29) is 5.41 Å². The molecule has 9 aromatic carbocycles. The molecule has 10 aromatic rings. The molecule has 0 bridgehead atoms. The first-order chi connectivity index (χ1) is 31.0. The van der Waals surface area contributed by atoms with Crippen LogP contribution >= 0.6 is 0 Å². The monoisotopic (exact) mass is 806 g/mol. The number of benzene rings is 9. The molecule has 0 unspecified atom stereocenters. The summed E-state index contributed by atoms with van der Waals surface area (Å²) in [5.41, 5.74) is 21.1. The molecule has 0 N–H and O–H groups in total. The zero-order valence-corrected chi connectivity index (χ0v) is 35.6. The Bertz CT molecular complexity index is 3410. The Balaban J connectivity index is 0.953. The van der Waals surface area contributed by atoms with Gasteiger partial charge in [0.15, 0.2) is 0 Å². The van der Waals surface area contributed by atoms with E-state index in [2.05, 4.69) is 242 Å². The molecule has 0 radical (unpaired) electrons. The van der Waals surface area contributed by atoms with Gasteiger partial charge in [0.2, 0.25) is 0 Å². The fourth-order valence-electron chi connectivity index (χ4n) is 10.5. The van der Waals surface area contributed by atoms with Crippen molar-refractivity contribution in [3.05, 3.63) is 235 Å². The topological polar surface area (TPSA) is 8.17 Å². The average Bonchev–Trinajstić information content (AvgIpc) is 3.79. The van der Waals surface area contributed by atoms with Gasteiger partial charge in [-0.25, -0.2) is 0 Å². The average molecular weight is 807 g/mol. The summed E-state index contributed by atoms with van der Waals surface area (Å²) in [4.78, 5) is 2.43. The maximum atomic E-state index is 2.46. The molecule has 2 aliphatic carbocycles. The molecular formula is C61H46N2. The van der Waals surface area contributed by atoms with E-state index in [0.717, 1.165) is 29.9 Å². The summed E-state index contributed by atoms with van der Waals surface area (Å²) in [5.74, 6) is 0. The standard InChI is InChI=1S/C61H46N2/c1-61(2)57-27-10-8-24-53(57)54-35-34-50(40-58(54)61)62(48-32-29-42(30-33-48)52-26-14-16-41-15-6-7-23-51(41)52)49-22-13-19-45(38-49)43-17-12-18-44(37-43)46-31-36-60-56(39-46)55-25-9-11-28-59(55)63(60)47-20-4-3-5-21-47/h3-10,12-27,29-40H,11,28H2,1-2H3. The van der Waals surface area contributed by atoms with E-state index in [0.29, 0.717) is 0 Å². The molecule has 0 amide bonds. The third-order valence-electron chi connectivity index (χ3n) is 13.6. The smallest absolute Gasteiger partial charge is 0.0538 e. The van der Waals surface area contributed by atoms with Gasteiger partial charge in [0.1, 0.15) is 0 Å². The van der Waals surface area contributed by atoms with Crippen LogP contribution in [0.1, 0.15) is 42.7 Å². The van der Waals surface area contributed by atoms with Gasteiger partial charge < -0.3 is 9.47 Å². The summed E-state index contributed by atoms with van der Waals surface area (Å²) >= 11 is 0. The molecule has 0 spiro atoms. The molecule has 0 saturated heterocycles. The lowest BCUT2D eigenvalue weighted by Crippen LogP contribution is -2.16. The second-order valence-corrected chi connectivity index (χ2v) is 17.6. The van der Waals surface area contributed by atoms with Gasteiger partial charge in [0, 0.05) is 44.8 Å². The van der Waals surface area contributed by atoms with Gasteiger partial charge in [-0.3, -0.25) is 0 Å². The molecule has 63 heavy (non-hydrogen) atoms. The molecule has 2 nitrogen and oxygen atoms in total. The second kappa shape index (κ2) is 14.8. The molecule has 2 heteroatoms. The lowest BCUT2D eigenvalue weighted by Gasteiger charge is -2.28. The number of hydrogen-bond donors (Lipinski definition) is 0. The van der Waals surface area contributed by atoms with Crippen LogP contribution in [0.4, 0.5) is 17.1 Å². The minimum atomic E-state index is -0.114. The number of para-hydroxylation sites is 1. The van der Waals surface area contributed by atoms with Crippen LogP contribution in [0.25, 0.3) is 77.9 Å². The lowest BCUT2D eigenvalue weighted by atomic mass is 9.82. The molecule has 12 rings (SSSR count). The first kappa shape index (κ1) is 37.1. The normalized spacial score (nSPS) is 13.5. The van der Waals surface area contributed by atoms with E-state index in [9.17, 15) is 0 Å². The highest BCUT2D eigenvalue weighted by Crippen LogP contribution is 2.51. The van der Waals surface area contributed by atoms with E-state index < -0.39 is 0 Å². The third kappa shape index (κ3) is 6.16. The minimum absolute atomic E-state index is 0.114. The maximum absolute atomic E-state index is 2.46. The Labute approximate surface area is 369 Å². The van der Waals surface area contributed by atoms with Crippen molar-refractivity contribution < 1.29 is 0 Å². The van der Waals surface area contributed by atoms with E-state index >= 15 is 0 Å². The lowest BCUT2D eigenvalue weighted by molar-refractivity contribution is 0.660. The number of hydrogen-bond acceptors (Lipinski definition) is 1. The highest BCUT2D eigenvalue weighted by atomic mass is 15.1. The Kier molecular flexibility index (Phi) is 8.69. The van der Waals surface area contributed by atoms with Crippen LogP contribution in [0.2, 0.25) is 0 Å². The van der Waals surface area contributed by atoms with Crippen molar-refractivity contribution in [3.8, 4) is 50.2 Å². The largest absolute Gasteiger partial charge is 0.313 e. The summed E-state index contributed by atoms with van der Waals surface area (Å²) < 4.78 is 2.46. The van der Waals surface area contributed by atoms with Crippen molar-refractivity contribution in [2.24, 2.45) is 0 Å². The van der Waals surface area contributed by atoms with Crippen LogP contribution in [0, 0.1) is 0 Å². The summed E-state index contributed by atoms with van der Waals surface area (Å²) in [6.07, 6.45) is 6.76. The van der Waals surface area contributed by atoms with Crippen LogP contribution in [-0.4, -0.2) is 4.57 Å². The number of allylic oxidation sites excluding steroid dienone is 1.